The van der Waals surface area contributed by atoms with Crippen molar-refractivity contribution in [3.8, 4) is 5.69 Å². The Bertz CT molecular complexity index is 1860. The predicted octanol–water partition coefficient (Wildman–Crippen LogP) is 4.46. The molecule has 5 aromatic rings. The van der Waals surface area contributed by atoms with Crippen LogP contribution in [0.3, 0.4) is 0 Å². The minimum Gasteiger partial charge on any atom is -0.406 e. The van der Waals surface area contributed by atoms with Gasteiger partial charge in [-0.2, -0.15) is 0 Å². The van der Waals surface area contributed by atoms with Crippen LogP contribution in [0.2, 0.25) is 5.02 Å². The number of nitrogens with zero attached hydrogens (tertiary/aromatic N) is 5. The SMILES string of the molecule is CCn1c(=O)oc2cc(-n3c(=O)n(C[C@H]4CC[C@H](NC(=O)c5cc(Cl)cnc5C)CC4)c4ccccc43)cnc21. The Labute approximate surface area is 234 Å². The maximum absolute atomic E-state index is 13.8. The molecule has 1 aliphatic carbocycles. The maximum Gasteiger partial charge on any atom is 0.421 e. The van der Waals surface area contributed by atoms with E-state index in [0.717, 1.165) is 36.7 Å². The number of halogens is 1. The standard InChI is InChI=1S/C29H29ClN6O4/c1-3-34-26-25(40-29(34)39)13-21(15-32-26)36-24-7-5-4-6-23(24)35(28(36)38)16-18-8-10-20(11-9-18)33-27(37)22-12-19(30)14-31-17(22)2/h4-7,12-15,18,20H,3,8-11,16H2,1-2H3,(H,33,37)/t18-,20-. The minimum atomic E-state index is -0.469. The average molecular weight is 561 g/mol. The third-order valence-corrected chi connectivity index (χ3v) is 8.03. The molecule has 1 N–H and O–H groups in total. The average Bonchev–Trinajstić information content (AvgIpc) is 3.42. The summed E-state index contributed by atoms with van der Waals surface area (Å²) >= 11 is 6.04. The fourth-order valence-electron chi connectivity index (χ4n) is 5.72. The van der Waals surface area contributed by atoms with E-state index in [4.69, 9.17) is 16.0 Å². The first-order chi connectivity index (χ1) is 19.3. The Hall–Kier alpha value is -4.18. The number of oxazole rings is 1. The number of carbonyl (C=O) groups excluding carboxylic acids is 1. The summed E-state index contributed by atoms with van der Waals surface area (Å²) in [5, 5.41) is 3.56. The number of hydrogen-bond donors (Lipinski definition) is 1. The number of para-hydroxylation sites is 2. The molecule has 0 bridgehead atoms. The normalized spacial score (nSPS) is 17.5. The monoisotopic (exact) mass is 560 g/mol. The van der Waals surface area contributed by atoms with E-state index in [1.807, 2.05) is 35.8 Å². The van der Waals surface area contributed by atoms with Gasteiger partial charge in [0.25, 0.3) is 5.91 Å². The largest absolute Gasteiger partial charge is 0.421 e. The van der Waals surface area contributed by atoms with Crippen LogP contribution >= 0.6 is 11.6 Å². The molecule has 1 saturated carbocycles. The Morgan fingerprint density at radius 2 is 1.80 bits per heavy atom. The fraction of sp³-hybridized carbons (Fsp3) is 0.345. The quantitative estimate of drug-likeness (QED) is 0.328. The van der Waals surface area contributed by atoms with E-state index in [-0.39, 0.29) is 23.6 Å². The Morgan fingerprint density at radius 1 is 1.05 bits per heavy atom. The van der Waals surface area contributed by atoms with E-state index < -0.39 is 5.76 Å². The molecule has 0 radical (unpaired) electrons. The van der Waals surface area contributed by atoms with Gasteiger partial charge < -0.3 is 9.73 Å². The molecule has 6 rings (SSSR count). The van der Waals surface area contributed by atoms with E-state index in [0.29, 0.717) is 46.3 Å². The lowest BCUT2D eigenvalue weighted by Gasteiger charge is -2.29. The number of rotatable bonds is 6. The molecule has 4 aromatic heterocycles. The van der Waals surface area contributed by atoms with Crippen molar-refractivity contribution >= 4 is 39.8 Å². The fourth-order valence-corrected chi connectivity index (χ4v) is 5.88. The number of aryl methyl sites for hydroxylation is 2. The second kappa shape index (κ2) is 10.4. The number of aromatic nitrogens is 5. The Kier molecular flexibility index (Phi) is 6.79. The molecule has 0 aliphatic heterocycles. The lowest BCUT2D eigenvalue weighted by atomic mass is 9.85. The summed E-state index contributed by atoms with van der Waals surface area (Å²) in [5.41, 5.74) is 3.91. The molecule has 0 saturated heterocycles. The first-order valence-corrected chi connectivity index (χ1v) is 13.8. The lowest BCUT2D eigenvalue weighted by molar-refractivity contribution is 0.0919. The topological polar surface area (TPSA) is 117 Å². The summed E-state index contributed by atoms with van der Waals surface area (Å²) in [6.07, 6.45) is 6.55. The van der Waals surface area contributed by atoms with Gasteiger partial charge in [-0.25, -0.2) is 14.6 Å². The van der Waals surface area contributed by atoms with E-state index in [9.17, 15) is 14.4 Å². The van der Waals surface area contributed by atoms with E-state index in [1.54, 1.807) is 29.8 Å². The van der Waals surface area contributed by atoms with E-state index in [2.05, 4.69) is 15.3 Å². The zero-order valence-corrected chi connectivity index (χ0v) is 23.0. The predicted molar refractivity (Wildman–Crippen MR) is 152 cm³/mol. The second-order valence-electron chi connectivity index (χ2n) is 10.3. The van der Waals surface area contributed by atoms with Gasteiger partial charge in [0.2, 0.25) is 0 Å². The summed E-state index contributed by atoms with van der Waals surface area (Å²) in [4.78, 5) is 47.4. The summed E-state index contributed by atoms with van der Waals surface area (Å²) in [5.74, 6) is -0.342. The maximum atomic E-state index is 13.8. The number of hydrogen-bond acceptors (Lipinski definition) is 6. The summed E-state index contributed by atoms with van der Waals surface area (Å²) in [6.45, 7) is 4.66. The third-order valence-electron chi connectivity index (χ3n) is 7.82. The number of pyridine rings is 2. The molecule has 4 heterocycles. The smallest absolute Gasteiger partial charge is 0.406 e. The van der Waals surface area contributed by atoms with Gasteiger partial charge in [0.15, 0.2) is 11.2 Å². The van der Waals surface area contributed by atoms with E-state index in [1.165, 1.54) is 10.8 Å². The molecular weight excluding hydrogens is 532 g/mol. The molecular formula is C29H29ClN6O4. The van der Waals surface area contributed by atoms with E-state index >= 15 is 0 Å². The van der Waals surface area contributed by atoms with Crippen molar-refractivity contribution in [1.82, 2.24) is 29.0 Å². The molecule has 0 unspecified atom stereocenters. The van der Waals surface area contributed by atoms with Crippen LogP contribution < -0.4 is 16.8 Å². The highest BCUT2D eigenvalue weighted by atomic mass is 35.5. The lowest BCUT2D eigenvalue weighted by Crippen LogP contribution is -2.39. The molecule has 1 amide bonds. The van der Waals surface area contributed by atoms with Gasteiger partial charge in [-0.3, -0.25) is 23.5 Å². The number of nitrogens with one attached hydrogen (secondary N) is 1. The highest BCUT2D eigenvalue weighted by molar-refractivity contribution is 6.30. The molecule has 40 heavy (non-hydrogen) atoms. The third kappa shape index (κ3) is 4.62. The number of amides is 1. The van der Waals surface area contributed by atoms with Crippen LogP contribution in [0.15, 0.2) is 62.8 Å². The summed E-state index contributed by atoms with van der Waals surface area (Å²) in [6, 6.07) is 11.1. The van der Waals surface area contributed by atoms with Crippen molar-refractivity contribution in [2.24, 2.45) is 5.92 Å². The molecule has 1 aromatic carbocycles. The summed E-state index contributed by atoms with van der Waals surface area (Å²) < 4.78 is 10.3. The molecule has 0 atom stereocenters. The highest BCUT2D eigenvalue weighted by Crippen LogP contribution is 2.28. The van der Waals surface area contributed by atoms with Crippen LogP contribution in [-0.2, 0) is 13.1 Å². The van der Waals surface area contributed by atoms with Gasteiger partial charge in [0.05, 0.1) is 39.2 Å². The van der Waals surface area contributed by atoms with Crippen molar-refractivity contribution in [2.45, 2.75) is 58.7 Å². The molecule has 206 valence electrons. The van der Waals surface area contributed by atoms with Gasteiger partial charge in [0.1, 0.15) is 0 Å². The van der Waals surface area contributed by atoms with Crippen LogP contribution in [0.5, 0.6) is 0 Å². The van der Waals surface area contributed by atoms with Crippen molar-refractivity contribution in [3.63, 3.8) is 0 Å². The first kappa shape index (κ1) is 26.1. The van der Waals surface area contributed by atoms with Crippen LogP contribution in [0.25, 0.3) is 28.0 Å². The van der Waals surface area contributed by atoms with Gasteiger partial charge in [0, 0.05) is 31.4 Å². The number of benzene rings is 1. The first-order valence-electron chi connectivity index (χ1n) is 13.5. The zero-order chi connectivity index (χ0) is 28.0. The van der Waals surface area contributed by atoms with Gasteiger partial charge >= 0.3 is 11.4 Å². The molecule has 1 fully saturated rings. The van der Waals surface area contributed by atoms with Crippen LogP contribution in [0, 0.1) is 12.8 Å². The molecule has 1 aliphatic rings. The number of fused-ring (bicyclic) bond motifs is 2. The zero-order valence-electron chi connectivity index (χ0n) is 22.3. The van der Waals surface area contributed by atoms with Crippen LogP contribution in [-0.4, -0.2) is 35.6 Å². The number of carbonyl (C=O) groups is 1. The van der Waals surface area contributed by atoms with Crippen LogP contribution in [0.1, 0.15) is 48.7 Å². The number of imidazole rings is 1. The van der Waals surface area contributed by atoms with Crippen molar-refractivity contribution < 1.29 is 9.21 Å². The molecule has 11 heteroatoms. The van der Waals surface area contributed by atoms with Crippen molar-refractivity contribution in [2.75, 3.05) is 0 Å². The van der Waals surface area contributed by atoms with Crippen molar-refractivity contribution in [1.29, 1.82) is 0 Å². The molecule has 10 nitrogen and oxygen atoms in total. The minimum absolute atomic E-state index is 0.0584. The highest BCUT2D eigenvalue weighted by Gasteiger charge is 2.26. The van der Waals surface area contributed by atoms with Crippen LogP contribution in [0.4, 0.5) is 0 Å². The molecule has 0 spiro atoms. The van der Waals surface area contributed by atoms with Crippen molar-refractivity contribution in [3.05, 3.63) is 86.1 Å². The van der Waals surface area contributed by atoms with Gasteiger partial charge in [-0.15, -0.1) is 0 Å². The Morgan fingerprint density at radius 3 is 2.55 bits per heavy atom. The second-order valence-corrected chi connectivity index (χ2v) is 10.8. The van der Waals surface area contributed by atoms with Gasteiger partial charge in [-0.05, 0) is 63.6 Å². The summed E-state index contributed by atoms with van der Waals surface area (Å²) in [7, 11) is 0. The Balaban J connectivity index is 1.22. The van der Waals surface area contributed by atoms with Gasteiger partial charge in [-0.1, -0.05) is 23.7 Å².